The second kappa shape index (κ2) is 10.5. The number of aryl methyl sites for hydroxylation is 2. The highest BCUT2D eigenvalue weighted by Crippen LogP contribution is 2.41. The van der Waals surface area contributed by atoms with Crippen LogP contribution in [0.4, 0.5) is 19.3 Å². The van der Waals surface area contributed by atoms with Gasteiger partial charge in [-0.15, -0.1) is 0 Å². The summed E-state index contributed by atoms with van der Waals surface area (Å²) in [6.45, 7) is 4.56. The van der Waals surface area contributed by atoms with Gasteiger partial charge in [0.1, 0.15) is 11.4 Å². The lowest BCUT2D eigenvalue weighted by Crippen LogP contribution is -2.39. The van der Waals surface area contributed by atoms with E-state index in [4.69, 9.17) is 14.2 Å². The van der Waals surface area contributed by atoms with Crippen molar-refractivity contribution in [2.24, 2.45) is 0 Å². The highest BCUT2D eigenvalue weighted by molar-refractivity contribution is 5.95. The van der Waals surface area contributed by atoms with Crippen LogP contribution in [0.3, 0.4) is 0 Å². The number of halogens is 2. The first-order chi connectivity index (χ1) is 19.8. The molecule has 3 aromatic heterocycles. The van der Waals surface area contributed by atoms with Gasteiger partial charge in [0.25, 0.3) is 0 Å². The van der Waals surface area contributed by atoms with Crippen molar-refractivity contribution in [1.29, 1.82) is 0 Å². The normalized spacial score (nSPS) is 17.7. The zero-order chi connectivity index (χ0) is 28.8. The molecule has 1 saturated heterocycles. The van der Waals surface area contributed by atoms with Crippen molar-refractivity contribution in [3.63, 3.8) is 0 Å². The predicted molar refractivity (Wildman–Crippen MR) is 147 cm³/mol. The molecule has 41 heavy (non-hydrogen) atoms. The molecule has 2 aliphatic rings. The van der Waals surface area contributed by atoms with Crippen LogP contribution in [-0.4, -0.2) is 51.6 Å². The van der Waals surface area contributed by atoms with Crippen LogP contribution in [0, 0.1) is 25.5 Å². The molecule has 5 heterocycles. The number of benzene rings is 1. The number of hydrogen-bond acceptors (Lipinski definition) is 6. The predicted octanol–water partition coefficient (Wildman–Crippen LogP) is 6.00. The molecule has 0 radical (unpaired) electrons. The maximum absolute atomic E-state index is 14.3. The molecule has 9 nitrogen and oxygen atoms in total. The largest absolute Gasteiger partial charge is 0.453 e. The Labute approximate surface area is 235 Å². The number of aromatic nitrogens is 3. The summed E-state index contributed by atoms with van der Waals surface area (Å²) in [7, 11) is 1.35. The van der Waals surface area contributed by atoms with E-state index in [0.717, 1.165) is 40.2 Å². The second-order valence-corrected chi connectivity index (χ2v) is 10.4. The van der Waals surface area contributed by atoms with Gasteiger partial charge >= 0.3 is 6.09 Å². The molecule has 1 fully saturated rings. The molecule has 1 atom stereocenters. The molecule has 2 aliphatic heterocycles. The van der Waals surface area contributed by atoms with Crippen LogP contribution < -0.4 is 4.90 Å². The first-order valence-corrected chi connectivity index (χ1v) is 13.5. The Hall–Kier alpha value is -4.54. The minimum absolute atomic E-state index is 0.179. The van der Waals surface area contributed by atoms with Crippen molar-refractivity contribution in [3.8, 4) is 11.1 Å². The fourth-order valence-electron chi connectivity index (χ4n) is 5.93. The lowest BCUT2D eigenvalue weighted by molar-refractivity contribution is -0.120. The van der Waals surface area contributed by atoms with Crippen LogP contribution in [0.15, 0.2) is 47.1 Å². The first kappa shape index (κ1) is 26.7. The molecule has 2 amide bonds. The molecule has 0 unspecified atom stereocenters. The van der Waals surface area contributed by atoms with Crippen LogP contribution >= 0.6 is 0 Å². The zero-order valence-corrected chi connectivity index (χ0v) is 23.0. The molecule has 0 spiro atoms. The number of rotatable bonds is 4. The topological polar surface area (TPSA) is 93.2 Å². The molecule has 1 aromatic carbocycles. The van der Waals surface area contributed by atoms with Gasteiger partial charge in [-0.1, -0.05) is 11.2 Å². The van der Waals surface area contributed by atoms with E-state index in [-0.39, 0.29) is 11.6 Å². The monoisotopic (exact) mass is 561 g/mol. The number of hydrogen-bond donors (Lipinski definition) is 0. The average Bonchev–Trinajstić information content (AvgIpc) is 3.52. The molecule has 0 N–H and O–H groups in total. The van der Waals surface area contributed by atoms with E-state index in [2.05, 4.69) is 5.16 Å². The number of carbonyl (C=O) groups excluding carboxylic acids is 2. The summed E-state index contributed by atoms with van der Waals surface area (Å²) in [5.41, 5.74) is 5.95. The Morgan fingerprint density at radius 1 is 1.12 bits per heavy atom. The Morgan fingerprint density at radius 2 is 1.95 bits per heavy atom. The number of amides is 2. The standard InChI is InChI=1S/C30H29F2N5O4/c1-17-27(18(2)41-34-17)20-11-14-36-25(15-20)33-28(29(36)19-9-12-35(13-10-19)30(39)40-3)24-5-4-6-26(38)37(24)21-7-8-22(31)23(32)16-21/h7-9,11,14-16,24H,4-6,10,12-13H2,1-3H3/t24-/m0/s1. The fourth-order valence-corrected chi connectivity index (χ4v) is 5.93. The number of anilines is 1. The van der Waals surface area contributed by atoms with Crippen LogP contribution in [0.5, 0.6) is 0 Å². The van der Waals surface area contributed by atoms with Gasteiger partial charge in [-0.2, -0.15) is 0 Å². The van der Waals surface area contributed by atoms with Crippen molar-refractivity contribution in [1.82, 2.24) is 19.4 Å². The van der Waals surface area contributed by atoms with Gasteiger partial charge in [-0.3, -0.25) is 9.20 Å². The number of methoxy groups -OCH3 is 1. The number of piperidine rings is 1. The van der Waals surface area contributed by atoms with Crippen molar-refractivity contribution in [3.05, 3.63) is 77.1 Å². The summed E-state index contributed by atoms with van der Waals surface area (Å²) in [5, 5.41) is 4.08. The number of nitrogens with zero attached hydrogens (tertiary/aromatic N) is 5. The quantitative estimate of drug-likeness (QED) is 0.304. The highest BCUT2D eigenvalue weighted by Gasteiger charge is 2.36. The summed E-state index contributed by atoms with van der Waals surface area (Å²) in [6.07, 6.45) is 5.59. The van der Waals surface area contributed by atoms with Gasteiger partial charge in [0, 0.05) is 43.0 Å². The molecule has 0 saturated carbocycles. The summed E-state index contributed by atoms with van der Waals surface area (Å²) < 4.78 is 40.4. The van der Waals surface area contributed by atoms with E-state index in [0.29, 0.717) is 55.9 Å². The Morgan fingerprint density at radius 3 is 2.63 bits per heavy atom. The minimum Gasteiger partial charge on any atom is -0.453 e. The lowest BCUT2D eigenvalue weighted by Gasteiger charge is -2.36. The number of fused-ring (bicyclic) bond motifs is 1. The molecule has 6 rings (SSSR count). The Balaban J connectivity index is 1.52. The maximum Gasteiger partial charge on any atom is 0.409 e. The molecule has 11 heteroatoms. The van der Waals surface area contributed by atoms with E-state index in [1.807, 2.05) is 42.7 Å². The summed E-state index contributed by atoms with van der Waals surface area (Å²) in [6, 6.07) is 6.94. The number of imidazole rings is 1. The third-order valence-corrected chi connectivity index (χ3v) is 7.87. The Bertz CT molecular complexity index is 1690. The maximum atomic E-state index is 14.3. The summed E-state index contributed by atoms with van der Waals surface area (Å²) in [5.74, 6) is -1.48. The number of pyridine rings is 1. The van der Waals surface area contributed by atoms with Gasteiger partial charge in [0.05, 0.1) is 30.2 Å². The van der Waals surface area contributed by atoms with Gasteiger partial charge < -0.3 is 19.1 Å². The minimum atomic E-state index is -1.02. The van der Waals surface area contributed by atoms with Gasteiger partial charge in [0.2, 0.25) is 5.91 Å². The van der Waals surface area contributed by atoms with E-state index in [1.165, 1.54) is 18.1 Å². The molecular weight excluding hydrogens is 532 g/mol. The van der Waals surface area contributed by atoms with Crippen LogP contribution in [0.1, 0.15) is 54.6 Å². The number of carbonyl (C=O) groups is 2. The SMILES string of the molecule is COC(=O)N1CC=C(c2c([C@@H]3CCCC(=O)N3c3ccc(F)c(F)c3)nc3cc(-c4c(C)noc4C)ccn23)CC1. The number of ether oxygens (including phenoxy) is 1. The third-order valence-electron chi connectivity index (χ3n) is 7.87. The van der Waals surface area contributed by atoms with Crippen LogP contribution in [0.2, 0.25) is 0 Å². The van der Waals surface area contributed by atoms with Crippen LogP contribution in [-0.2, 0) is 9.53 Å². The first-order valence-electron chi connectivity index (χ1n) is 13.5. The van der Waals surface area contributed by atoms with E-state index in [9.17, 15) is 18.4 Å². The van der Waals surface area contributed by atoms with E-state index in [1.54, 1.807) is 4.90 Å². The summed E-state index contributed by atoms with van der Waals surface area (Å²) in [4.78, 5) is 33.6. The smallest absolute Gasteiger partial charge is 0.409 e. The van der Waals surface area contributed by atoms with Gasteiger partial charge in [-0.25, -0.2) is 18.6 Å². The molecular formula is C30H29F2N5O4. The van der Waals surface area contributed by atoms with E-state index < -0.39 is 23.8 Å². The van der Waals surface area contributed by atoms with Crippen molar-refractivity contribution < 1.29 is 27.6 Å². The highest BCUT2D eigenvalue weighted by atomic mass is 19.2. The van der Waals surface area contributed by atoms with Gasteiger partial charge in [-0.05, 0) is 68.5 Å². The van der Waals surface area contributed by atoms with Gasteiger partial charge in [0.15, 0.2) is 11.6 Å². The Kier molecular flexibility index (Phi) is 6.80. The second-order valence-electron chi connectivity index (χ2n) is 10.4. The zero-order valence-electron chi connectivity index (χ0n) is 23.0. The van der Waals surface area contributed by atoms with Crippen LogP contribution in [0.25, 0.3) is 22.3 Å². The van der Waals surface area contributed by atoms with Crippen molar-refractivity contribution in [2.45, 2.75) is 45.6 Å². The molecule has 212 valence electrons. The van der Waals surface area contributed by atoms with Crippen molar-refractivity contribution >= 4 is 28.9 Å². The molecule has 0 bridgehead atoms. The summed E-state index contributed by atoms with van der Waals surface area (Å²) >= 11 is 0. The average molecular weight is 562 g/mol. The van der Waals surface area contributed by atoms with Crippen molar-refractivity contribution in [2.75, 3.05) is 25.1 Å². The fraction of sp³-hybridized carbons (Fsp3) is 0.333. The third kappa shape index (κ3) is 4.64. The lowest BCUT2D eigenvalue weighted by atomic mass is 9.93. The molecule has 0 aliphatic carbocycles. The molecule has 4 aromatic rings. The van der Waals surface area contributed by atoms with E-state index >= 15 is 0 Å².